The maximum Gasteiger partial charge on any atom is 0.339 e. The molecule has 0 aliphatic carbocycles. The molecule has 0 spiro atoms. The van der Waals surface area contributed by atoms with Crippen molar-refractivity contribution in [3.05, 3.63) is 158 Å². The first-order valence-corrected chi connectivity index (χ1v) is 39.4. The lowest BCUT2D eigenvalue weighted by molar-refractivity contribution is -0.272. The molecule has 11 N–H and O–H groups in total. The van der Waals surface area contributed by atoms with Gasteiger partial charge in [0.15, 0.2) is 58.9 Å². The van der Waals surface area contributed by atoms with Crippen molar-refractivity contribution in [3.8, 4) is 85.1 Å². The molecule has 9 aliphatic rings. The van der Waals surface area contributed by atoms with Crippen LogP contribution in [0.2, 0.25) is 0 Å². The predicted molar refractivity (Wildman–Crippen MR) is 422 cm³/mol. The molecular weight excluding hydrogens is 1650 g/mol. The SMILES string of the molecule is CC(=O)O[C@H]1[C@H](O)COC(Oc2c3c(c(-c4ccc5c(c4)OCO5)c4cc(CO)c(CO)cc24)C(=O)OC3)[C@@H]1OC(C)=O.CC(=O)O[C@H]1[C@H](O)[C@@H](C)OC(Oc2c3c(c(-c4ccc5c(c4)OCO5)c4cc(CO)c(CO)cc24)C(=O)OC3)[C@@H]1O.CC(=O)O[C@H]1[C@H](O)[C@@H](O)C(Oc2c3c(c(-c4ccc5c(c4)OCO5)c4cc(CO)c(CO)cc24)C(=O)OC3)O[C@@H]1C. The van der Waals surface area contributed by atoms with Crippen molar-refractivity contribution in [3.63, 3.8) is 0 Å². The normalized spacial score (nSPS) is 23.9. The zero-order valence-corrected chi connectivity index (χ0v) is 67.5. The van der Waals surface area contributed by atoms with Crippen LogP contribution in [0.4, 0.5) is 0 Å². The largest absolute Gasteiger partial charge is 0.461 e. The predicted octanol–water partition coefficient (Wildman–Crippen LogP) is 5.19. The number of rotatable bonds is 19. The molecule has 14 atom stereocenters. The maximum absolute atomic E-state index is 13.3. The van der Waals surface area contributed by atoms with Gasteiger partial charge in [0.2, 0.25) is 45.4 Å². The molecule has 0 bridgehead atoms. The van der Waals surface area contributed by atoms with E-state index in [0.29, 0.717) is 150 Å². The molecule has 9 heterocycles. The number of hydrogen-bond acceptors (Lipinski definition) is 37. The third-order valence-corrected chi connectivity index (χ3v) is 22.6. The number of hydrogen-bond donors (Lipinski definition) is 11. The summed E-state index contributed by atoms with van der Waals surface area (Å²) < 4.78 is 106. The summed E-state index contributed by atoms with van der Waals surface area (Å²) in [5.74, 6) is -1.13. The first-order chi connectivity index (χ1) is 60.1. The van der Waals surface area contributed by atoms with E-state index < -0.39 is 148 Å². The van der Waals surface area contributed by atoms with Crippen LogP contribution >= 0.6 is 0 Å². The van der Waals surface area contributed by atoms with Crippen molar-refractivity contribution in [1.29, 1.82) is 0 Å². The van der Waals surface area contributed by atoms with Gasteiger partial charge in [0.05, 0.1) is 75.1 Å². The average Bonchev–Trinajstić information content (AvgIpc) is 1.64. The van der Waals surface area contributed by atoms with Crippen LogP contribution in [0.1, 0.15) is 123 Å². The van der Waals surface area contributed by atoms with E-state index in [4.69, 9.17) is 90.0 Å². The average molecular weight is 1730 g/mol. The number of esters is 7. The van der Waals surface area contributed by atoms with Crippen LogP contribution < -0.4 is 42.6 Å². The molecule has 0 saturated carbocycles. The highest BCUT2D eigenvalue weighted by Gasteiger charge is 2.51. The molecule has 0 amide bonds. The Kier molecular flexibility index (Phi) is 24.4. The van der Waals surface area contributed by atoms with E-state index >= 15 is 0 Å². The molecule has 9 aliphatic heterocycles. The lowest BCUT2D eigenvalue weighted by atomic mass is 9.87. The molecule has 3 unspecified atom stereocenters. The van der Waals surface area contributed by atoms with Crippen LogP contribution in [-0.2, 0) is 126 Å². The summed E-state index contributed by atoms with van der Waals surface area (Å²) in [6, 6.07) is 25.5. The zero-order chi connectivity index (χ0) is 88.4. The quantitative estimate of drug-likeness (QED) is 0.0367. The Hall–Kier alpha value is -12.3. The number of fused-ring (bicyclic) bond motifs is 9. The Labute approximate surface area is 707 Å². The lowest BCUT2D eigenvalue weighted by Crippen LogP contribution is -2.59. The van der Waals surface area contributed by atoms with Gasteiger partial charge in [-0.05, 0) is 153 Å². The Balaban J connectivity index is 0.000000138. The monoisotopic (exact) mass is 1730 g/mol. The highest BCUT2D eigenvalue weighted by molar-refractivity contribution is 6.16. The Morgan fingerprint density at radius 1 is 0.336 bits per heavy atom. The second-order valence-corrected chi connectivity index (χ2v) is 30.4. The fourth-order valence-electron chi connectivity index (χ4n) is 16.7. The summed E-state index contributed by atoms with van der Waals surface area (Å²) in [6.45, 7) is 4.78. The third kappa shape index (κ3) is 16.1. The fraction of sp³-hybridized carbons (Fsp3) is 0.375. The van der Waals surface area contributed by atoms with Gasteiger partial charge in [-0.25, -0.2) is 14.4 Å². The molecular formula is C88H84O37. The summed E-state index contributed by atoms with van der Waals surface area (Å²) >= 11 is 0. The molecule has 0 radical (unpaired) electrons. The third-order valence-electron chi connectivity index (χ3n) is 22.6. The summed E-state index contributed by atoms with van der Waals surface area (Å²) in [6.07, 6.45) is -18.4. The van der Waals surface area contributed by atoms with Gasteiger partial charge in [0.1, 0.15) is 61.5 Å². The van der Waals surface area contributed by atoms with Crippen LogP contribution in [0.25, 0.3) is 65.7 Å². The van der Waals surface area contributed by atoms with Crippen molar-refractivity contribution in [2.75, 3.05) is 27.0 Å². The number of carbonyl (C=O) groups excluding carboxylic acids is 7. The van der Waals surface area contributed by atoms with Crippen molar-refractivity contribution in [2.45, 2.75) is 187 Å². The molecule has 37 nitrogen and oxygen atoms in total. The van der Waals surface area contributed by atoms with Gasteiger partial charge in [0.25, 0.3) is 0 Å². The smallest absolute Gasteiger partial charge is 0.339 e. The number of carbonyl (C=O) groups is 7. The van der Waals surface area contributed by atoms with Crippen LogP contribution in [0, 0.1) is 0 Å². The summed E-state index contributed by atoms with van der Waals surface area (Å²) in [5, 5.41) is 117. The lowest BCUT2D eigenvalue weighted by Gasteiger charge is -2.40. The van der Waals surface area contributed by atoms with Gasteiger partial charge in [-0.2, -0.15) is 0 Å². The number of cyclic esters (lactones) is 3. The van der Waals surface area contributed by atoms with E-state index in [9.17, 15) is 89.7 Å². The minimum absolute atomic E-state index is 0.0505. The minimum Gasteiger partial charge on any atom is -0.461 e. The van der Waals surface area contributed by atoms with E-state index in [-0.39, 0.29) is 101 Å². The number of ether oxygens (including phenoxy) is 19. The summed E-state index contributed by atoms with van der Waals surface area (Å²) in [5.41, 5.74) is 7.51. The van der Waals surface area contributed by atoms with Crippen LogP contribution in [0.5, 0.6) is 51.7 Å². The molecule has 9 aromatic rings. The zero-order valence-electron chi connectivity index (χ0n) is 67.5. The first-order valence-electron chi connectivity index (χ1n) is 39.4. The molecule has 9 aromatic carbocycles. The number of aliphatic hydroxyl groups excluding tert-OH is 11. The van der Waals surface area contributed by atoms with Crippen molar-refractivity contribution < 1.29 is 180 Å². The standard InChI is InChI=1S/C30H28O13.2C29H28O12/c1-13(33)41-27-21(35)11-38-30(28(27)42-14(2)34)43-26-19-6-17(9-32)16(8-31)5-18(19)24(25-20(26)10-37-29(25)36)15-3-4-22-23(7-15)40-12-39-22;1-12-26(40-13(2)32)24(33)25(34)29(39-12)41-27-18-6-16(9-31)15(8-30)5-17(18)22(23-19(27)10-36-28(23)35)14-3-4-20-21(7-14)38-11-37-20;1-12-24(33)27(40-13(2)32)25(34)29(39-12)41-26-18-6-16(9-31)15(8-30)5-17(18)22(23-19(26)10-36-28(23)35)14-3-4-20-21(7-14)38-11-37-20/h3-7,21,27-28,30-32,35H,8-12H2,1-2H3;3-7,12,24-26,29-31,33-34H,8-11H2,1-2H3;3-7,12,24-25,27,29-31,33-34H,8-11H2,1-2H3/t21-,27+,28-,30?;12-,24-,25-,26-,29?;12-,24-,25-,27+,29?/m111/s1. The van der Waals surface area contributed by atoms with E-state index in [1.54, 1.807) is 105 Å². The van der Waals surface area contributed by atoms with Crippen LogP contribution in [-0.4, -0.2) is 211 Å². The van der Waals surface area contributed by atoms with Gasteiger partial charge in [-0.1, -0.05) is 18.2 Å². The van der Waals surface area contributed by atoms with E-state index in [1.807, 2.05) is 0 Å². The van der Waals surface area contributed by atoms with Crippen molar-refractivity contribution in [1.82, 2.24) is 0 Å². The van der Waals surface area contributed by atoms with Crippen molar-refractivity contribution in [2.24, 2.45) is 0 Å². The maximum atomic E-state index is 13.3. The van der Waals surface area contributed by atoms with Gasteiger partial charge < -0.3 is 146 Å². The van der Waals surface area contributed by atoms with Gasteiger partial charge in [0, 0.05) is 77.2 Å². The minimum atomic E-state index is -1.62. The van der Waals surface area contributed by atoms with Crippen LogP contribution in [0.15, 0.2) is 91.0 Å². The number of aliphatic hydroxyl groups is 11. The molecule has 18 rings (SSSR count). The van der Waals surface area contributed by atoms with Crippen LogP contribution in [0.3, 0.4) is 0 Å². The first kappa shape index (κ1) is 86.2. The Morgan fingerprint density at radius 2 is 0.648 bits per heavy atom. The number of benzene rings is 9. The molecule has 3 saturated heterocycles. The second kappa shape index (κ2) is 35.4. The molecule has 37 heteroatoms. The Bertz CT molecular complexity index is 5840. The molecule has 3 fully saturated rings. The van der Waals surface area contributed by atoms with Crippen molar-refractivity contribution >= 4 is 74.1 Å². The Morgan fingerprint density at radius 3 is 1.01 bits per heavy atom. The van der Waals surface area contributed by atoms with E-state index in [1.165, 1.54) is 6.92 Å². The van der Waals surface area contributed by atoms with Gasteiger partial charge in [-0.3, -0.25) is 19.2 Å². The van der Waals surface area contributed by atoms with Gasteiger partial charge in [-0.15, -0.1) is 0 Å². The topological polar surface area (TPSA) is 517 Å². The van der Waals surface area contributed by atoms with Gasteiger partial charge >= 0.3 is 41.8 Å². The summed E-state index contributed by atoms with van der Waals surface area (Å²) in [4.78, 5) is 86.7. The fourth-order valence-corrected chi connectivity index (χ4v) is 16.7. The summed E-state index contributed by atoms with van der Waals surface area (Å²) in [7, 11) is 0. The van der Waals surface area contributed by atoms with E-state index in [0.717, 1.165) is 20.8 Å². The molecule has 658 valence electrons. The molecule has 0 aromatic heterocycles. The highest BCUT2D eigenvalue weighted by atomic mass is 16.7. The highest BCUT2D eigenvalue weighted by Crippen LogP contribution is 2.53. The molecule has 125 heavy (non-hydrogen) atoms. The van der Waals surface area contributed by atoms with E-state index in [2.05, 4.69) is 0 Å². The second-order valence-electron chi connectivity index (χ2n) is 30.4.